The SMILES string of the molecule is Nc1ccc(F)cc1C(=O)NCc1ncn[nH]1. The minimum atomic E-state index is -0.510. The number of benzene rings is 1. The Labute approximate surface area is 96.1 Å². The highest BCUT2D eigenvalue weighted by atomic mass is 19.1. The van der Waals surface area contributed by atoms with Crippen molar-refractivity contribution < 1.29 is 9.18 Å². The van der Waals surface area contributed by atoms with Crippen molar-refractivity contribution in [2.24, 2.45) is 0 Å². The monoisotopic (exact) mass is 235 g/mol. The van der Waals surface area contributed by atoms with E-state index in [-0.39, 0.29) is 17.8 Å². The topological polar surface area (TPSA) is 96.7 Å². The number of anilines is 1. The molecule has 0 bridgehead atoms. The van der Waals surface area contributed by atoms with Gasteiger partial charge in [0, 0.05) is 5.69 Å². The van der Waals surface area contributed by atoms with E-state index in [1.807, 2.05) is 0 Å². The highest BCUT2D eigenvalue weighted by molar-refractivity contribution is 5.99. The second kappa shape index (κ2) is 4.60. The lowest BCUT2D eigenvalue weighted by Crippen LogP contribution is -2.24. The molecular formula is C10H10FN5O. The Bertz CT molecular complexity index is 525. The summed E-state index contributed by atoms with van der Waals surface area (Å²) >= 11 is 0. The van der Waals surface area contributed by atoms with Crippen molar-refractivity contribution in [3.63, 3.8) is 0 Å². The fourth-order valence-electron chi connectivity index (χ4n) is 1.30. The molecule has 0 spiro atoms. The van der Waals surface area contributed by atoms with Crippen molar-refractivity contribution in [2.75, 3.05) is 5.73 Å². The molecule has 88 valence electrons. The summed E-state index contributed by atoms with van der Waals surface area (Å²) in [5.74, 6) is -0.462. The van der Waals surface area contributed by atoms with Gasteiger partial charge in [0.05, 0.1) is 12.1 Å². The van der Waals surface area contributed by atoms with Gasteiger partial charge in [-0.15, -0.1) is 0 Å². The first-order valence-electron chi connectivity index (χ1n) is 4.84. The Morgan fingerprint density at radius 3 is 3.06 bits per heavy atom. The van der Waals surface area contributed by atoms with Crippen LogP contribution in [0.4, 0.5) is 10.1 Å². The number of nitrogens with zero attached hydrogens (tertiary/aromatic N) is 2. The molecule has 0 aliphatic rings. The quantitative estimate of drug-likeness (QED) is 0.673. The fourth-order valence-corrected chi connectivity index (χ4v) is 1.30. The zero-order valence-electron chi connectivity index (χ0n) is 8.77. The molecule has 1 aromatic heterocycles. The normalized spacial score (nSPS) is 10.2. The van der Waals surface area contributed by atoms with Crippen molar-refractivity contribution in [3.8, 4) is 0 Å². The largest absolute Gasteiger partial charge is 0.398 e. The Kier molecular flexibility index (Phi) is 2.99. The minimum Gasteiger partial charge on any atom is -0.398 e. The lowest BCUT2D eigenvalue weighted by atomic mass is 10.1. The number of nitrogen functional groups attached to an aromatic ring is 1. The molecule has 1 amide bonds. The molecular weight excluding hydrogens is 225 g/mol. The van der Waals surface area contributed by atoms with Crippen LogP contribution in [0, 0.1) is 5.82 Å². The maximum atomic E-state index is 13.0. The number of carbonyl (C=O) groups excluding carboxylic acids is 1. The van der Waals surface area contributed by atoms with Crippen LogP contribution in [0.1, 0.15) is 16.2 Å². The van der Waals surface area contributed by atoms with E-state index in [1.54, 1.807) is 0 Å². The van der Waals surface area contributed by atoms with E-state index < -0.39 is 11.7 Å². The molecule has 0 aliphatic heterocycles. The molecule has 17 heavy (non-hydrogen) atoms. The summed E-state index contributed by atoms with van der Waals surface area (Å²) in [6, 6.07) is 3.63. The maximum Gasteiger partial charge on any atom is 0.253 e. The van der Waals surface area contributed by atoms with Crippen LogP contribution in [-0.2, 0) is 6.54 Å². The number of amides is 1. The van der Waals surface area contributed by atoms with E-state index in [0.717, 1.165) is 6.07 Å². The Balaban J connectivity index is 2.07. The summed E-state index contributed by atoms with van der Waals surface area (Å²) < 4.78 is 13.0. The van der Waals surface area contributed by atoms with Gasteiger partial charge >= 0.3 is 0 Å². The van der Waals surface area contributed by atoms with Gasteiger partial charge in [0.2, 0.25) is 0 Å². The Morgan fingerprint density at radius 1 is 1.53 bits per heavy atom. The molecule has 0 saturated heterocycles. The fraction of sp³-hybridized carbons (Fsp3) is 0.100. The van der Waals surface area contributed by atoms with Crippen molar-refractivity contribution in [2.45, 2.75) is 6.54 Å². The lowest BCUT2D eigenvalue weighted by Gasteiger charge is -2.06. The zero-order valence-corrected chi connectivity index (χ0v) is 8.77. The summed E-state index contributed by atoms with van der Waals surface area (Å²) in [5, 5.41) is 8.77. The summed E-state index contributed by atoms with van der Waals surface area (Å²) in [5.41, 5.74) is 5.90. The first kappa shape index (κ1) is 11.1. The van der Waals surface area contributed by atoms with E-state index in [0.29, 0.717) is 5.82 Å². The molecule has 7 heteroatoms. The highest BCUT2D eigenvalue weighted by Crippen LogP contribution is 2.13. The number of aromatic nitrogens is 3. The molecule has 2 aromatic rings. The van der Waals surface area contributed by atoms with Crippen LogP contribution >= 0.6 is 0 Å². The number of H-pyrrole nitrogens is 1. The highest BCUT2D eigenvalue weighted by Gasteiger charge is 2.10. The van der Waals surface area contributed by atoms with Gasteiger partial charge in [0.1, 0.15) is 18.0 Å². The smallest absolute Gasteiger partial charge is 0.253 e. The standard InChI is InChI=1S/C10H10FN5O/c11-6-1-2-8(12)7(3-6)10(17)13-4-9-14-5-15-16-9/h1-3,5H,4,12H2,(H,13,17)(H,14,15,16). The van der Waals surface area contributed by atoms with Gasteiger partial charge in [0.15, 0.2) is 0 Å². The average molecular weight is 235 g/mol. The van der Waals surface area contributed by atoms with Crippen LogP contribution < -0.4 is 11.1 Å². The zero-order chi connectivity index (χ0) is 12.3. The van der Waals surface area contributed by atoms with Crippen LogP contribution in [0.15, 0.2) is 24.5 Å². The average Bonchev–Trinajstić information content (AvgIpc) is 2.82. The number of hydrogen-bond acceptors (Lipinski definition) is 4. The number of rotatable bonds is 3. The van der Waals surface area contributed by atoms with Crippen molar-refractivity contribution in [1.29, 1.82) is 0 Å². The second-order valence-electron chi connectivity index (χ2n) is 3.35. The minimum absolute atomic E-state index is 0.101. The first-order valence-corrected chi connectivity index (χ1v) is 4.84. The molecule has 0 fully saturated rings. The van der Waals surface area contributed by atoms with E-state index in [9.17, 15) is 9.18 Å². The van der Waals surface area contributed by atoms with Gasteiger partial charge in [-0.2, -0.15) is 5.10 Å². The van der Waals surface area contributed by atoms with E-state index in [2.05, 4.69) is 20.5 Å². The Morgan fingerprint density at radius 2 is 2.35 bits per heavy atom. The first-order chi connectivity index (χ1) is 8.16. The molecule has 0 radical (unpaired) electrons. The van der Waals surface area contributed by atoms with Crippen LogP contribution in [0.2, 0.25) is 0 Å². The molecule has 0 unspecified atom stereocenters. The maximum absolute atomic E-state index is 13.0. The number of carbonyl (C=O) groups is 1. The van der Waals surface area contributed by atoms with Crippen molar-refractivity contribution >= 4 is 11.6 Å². The van der Waals surface area contributed by atoms with Crippen molar-refractivity contribution in [3.05, 3.63) is 41.7 Å². The van der Waals surface area contributed by atoms with Crippen LogP contribution in [0.5, 0.6) is 0 Å². The molecule has 1 heterocycles. The summed E-state index contributed by atoms with van der Waals surface area (Å²) in [7, 11) is 0. The van der Waals surface area contributed by atoms with Crippen LogP contribution in [-0.4, -0.2) is 21.1 Å². The predicted octanol–water partition coefficient (Wildman–Crippen LogP) is 0.456. The van der Waals surface area contributed by atoms with Gasteiger partial charge in [0.25, 0.3) is 5.91 Å². The molecule has 0 aliphatic carbocycles. The third-order valence-electron chi connectivity index (χ3n) is 2.14. The van der Waals surface area contributed by atoms with E-state index in [4.69, 9.17) is 5.73 Å². The summed E-state index contributed by atoms with van der Waals surface area (Å²) in [4.78, 5) is 15.5. The van der Waals surface area contributed by atoms with Crippen LogP contribution in [0.3, 0.4) is 0 Å². The molecule has 6 nitrogen and oxygen atoms in total. The molecule has 2 rings (SSSR count). The number of hydrogen-bond donors (Lipinski definition) is 3. The Hall–Kier alpha value is -2.44. The molecule has 1 aromatic carbocycles. The molecule has 0 atom stereocenters. The second-order valence-corrected chi connectivity index (χ2v) is 3.35. The predicted molar refractivity (Wildman–Crippen MR) is 58.4 cm³/mol. The third kappa shape index (κ3) is 2.57. The summed E-state index contributed by atoms with van der Waals surface area (Å²) in [6.45, 7) is 0.175. The van der Waals surface area contributed by atoms with E-state index >= 15 is 0 Å². The van der Waals surface area contributed by atoms with Crippen LogP contribution in [0.25, 0.3) is 0 Å². The van der Waals surface area contributed by atoms with Gasteiger partial charge < -0.3 is 11.1 Å². The molecule has 0 saturated carbocycles. The number of aromatic amines is 1. The van der Waals surface area contributed by atoms with E-state index in [1.165, 1.54) is 18.5 Å². The molecule has 4 N–H and O–H groups in total. The van der Waals surface area contributed by atoms with Gasteiger partial charge in [-0.05, 0) is 18.2 Å². The number of halogens is 1. The van der Waals surface area contributed by atoms with Gasteiger partial charge in [-0.1, -0.05) is 0 Å². The lowest BCUT2D eigenvalue weighted by molar-refractivity contribution is 0.0950. The summed E-state index contributed by atoms with van der Waals surface area (Å²) in [6.07, 6.45) is 1.33. The third-order valence-corrected chi connectivity index (χ3v) is 2.14. The van der Waals surface area contributed by atoms with Gasteiger partial charge in [-0.25, -0.2) is 9.37 Å². The number of nitrogens with two attached hydrogens (primary N) is 1. The number of nitrogens with one attached hydrogen (secondary N) is 2. The van der Waals surface area contributed by atoms with Crippen molar-refractivity contribution in [1.82, 2.24) is 20.5 Å². The van der Waals surface area contributed by atoms with Gasteiger partial charge in [-0.3, -0.25) is 9.89 Å².